The molecule has 0 amide bonds. The average Bonchev–Trinajstić information content (AvgIpc) is 2.82. The lowest BCUT2D eigenvalue weighted by molar-refractivity contribution is -0.145. The van der Waals surface area contributed by atoms with Crippen molar-refractivity contribution < 1.29 is 13.9 Å². The van der Waals surface area contributed by atoms with E-state index in [9.17, 15) is 14.4 Å². The number of rotatable bonds is 5. The molecule has 158 valence electrons. The van der Waals surface area contributed by atoms with Crippen molar-refractivity contribution in [3.05, 3.63) is 99.4 Å². The third kappa shape index (κ3) is 3.65. The van der Waals surface area contributed by atoms with E-state index < -0.39 is 11.6 Å². The first kappa shape index (κ1) is 19.7. The summed E-state index contributed by atoms with van der Waals surface area (Å²) in [6.07, 6.45) is 1.43. The summed E-state index contributed by atoms with van der Waals surface area (Å²) in [5.74, 6) is -0.480. The number of fused-ring (bicyclic) bond motifs is 4. The van der Waals surface area contributed by atoms with Gasteiger partial charge >= 0.3 is 11.6 Å². The largest absolute Gasteiger partial charge is 0.461 e. The SMILES string of the molecule is O=C(CCn1cnc2ccccc2c1=O)OCc1cc(=O)oc2ccc3ccccc3c12. The van der Waals surface area contributed by atoms with Crippen molar-refractivity contribution in [3.8, 4) is 0 Å². The molecule has 32 heavy (non-hydrogen) atoms. The second-order valence-corrected chi connectivity index (χ2v) is 7.42. The highest BCUT2D eigenvalue weighted by atomic mass is 16.5. The Balaban J connectivity index is 1.35. The van der Waals surface area contributed by atoms with Gasteiger partial charge in [-0.15, -0.1) is 0 Å². The molecule has 2 aromatic heterocycles. The average molecular weight is 426 g/mol. The minimum Gasteiger partial charge on any atom is -0.461 e. The first-order chi connectivity index (χ1) is 15.6. The van der Waals surface area contributed by atoms with Gasteiger partial charge in [0, 0.05) is 23.6 Å². The molecular weight excluding hydrogens is 408 g/mol. The number of ether oxygens (including phenoxy) is 1. The van der Waals surface area contributed by atoms with Crippen molar-refractivity contribution in [2.75, 3.05) is 0 Å². The Morgan fingerprint density at radius 1 is 0.969 bits per heavy atom. The molecule has 0 aliphatic heterocycles. The molecule has 0 unspecified atom stereocenters. The van der Waals surface area contributed by atoms with Gasteiger partial charge in [0.25, 0.3) is 5.56 Å². The van der Waals surface area contributed by atoms with E-state index in [0.717, 1.165) is 16.2 Å². The highest BCUT2D eigenvalue weighted by Crippen LogP contribution is 2.27. The highest BCUT2D eigenvalue weighted by Gasteiger charge is 2.13. The molecule has 5 aromatic rings. The number of nitrogens with zero attached hydrogens (tertiary/aromatic N) is 2. The topological polar surface area (TPSA) is 91.4 Å². The normalized spacial score (nSPS) is 11.2. The lowest BCUT2D eigenvalue weighted by atomic mass is 10.0. The van der Waals surface area contributed by atoms with Gasteiger partial charge in [0.05, 0.1) is 23.7 Å². The van der Waals surface area contributed by atoms with Gasteiger partial charge in [-0.3, -0.25) is 14.2 Å². The van der Waals surface area contributed by atoms with Crippen molar-refractivity contribution >= 4 is 38.6 Å². The molecule has 7 nitrogen and oxygen atoms in total. The maximum atomic E-state index is 12.6. The molecule has 7 heteroatoms. The van der Waals surface area contributed by atoms with Crippen molar-refractivity contribution in [2.45, 2.75) is 19.6 Å². The number of hydrogen-bond donors (Lipinski definition) is 0. The summed E-state index contributed by atoms with van der Waals surface area (Å²) in [4.78, 5) is 41.2. The third-order valence-corrected chi connectivity index (χ3v) is 5.39. The fourth-order valence-corrected chi connectivity index (χ4v) is 3.84. The van der Waals surface area contributed by atoms with Crippen LogP contribution in [0.4, 0.5) is 0 Å². The molecule has 0 aliphatic rings. The zero-order valence-corrected chi connectivity index (χ0v) is 17.0. The van der Waals surface area contributed by atoms with Crippen LogP contribution < -0.4 is 11.2 Å². The molecule has 0 fully saturated rings. The monoisotopic (exact) mass is 426 g/mol. The minimum absolute atomic E-state index is 0.0000475. The Morgan fingerprint density at radius 2 is 1.75 bits per heavy atom. The lowest BCUT2D eigenvalue weighted by Gasteiger charge is -2.10. The van der Waals surface area contributed by atoms with Gasteiger partial charge in [0.2, 0.25) is 0 Å². The number of esters is 1. The van der Waals surface area contributed by atoms with Crippen molar-refractivity contribution in [2.24, 2.45) is 0 Å². The molecule has 0 saturated heterocycles. The van der Waals surface area contributed by atoms with Crippen LogP contribution in [0.15, 0.2) is 87.1 Å². The van der Waals surface area contributed by atoms with Crippen LogP contribution in [0.5, 0.6) is 0 Å². The third-order valence-electron chi connectivity index (χ3n) is 5.39. The Bertz CT molecular complexity index is 1600. The molecule has 0 bridgehead atoms. The smallest absolute Gasteiger partial charge is 0.336 e. The number of benzene rings is 3. The standard InChI is InChI=1S/C25H18N2O5/c28-22(11-12-27-15-26-20-8-4-3-7-19(20)25(27)30)31-14-17-13-23(29)32-21-10-9-16-5-1-2-6-18(16)24(17)21/h1-10,13,15H,11-12,14H2. The Labute approximate surface area is 181 Å². The summed E-state index contributed by atoms with van der Waals surface area (Å²) in [5, 5.41) is 3.14. The summed E-state index contributed by atoms with van der Waals surface area (Å²) < 4.78 is 12.2. The zero-order chi connectivity index (χ0) is 22.1. The molecule has 0 atom stereocenters. The quantitative estimate of drug-likeness (QED) is 0.241. The van der Waals surface area contributed by atoms with Gasteiger partial charge in [-0.1, -0.05) is 42.5 Å². The fourth-order valence-electron chi connectivity index (χ4n) is 3.84. The van der Waals surface area contributed by atoms with Crippen LogP contribution >= 0.6 is 0 Å². The fraction of sp³-hybridized carbons (Fsp3) is 0.120. The van der Waals surface area contributed by atoms with Crippen LogP contribution in [-0.2, 0) is 22.7 Å². The van der Waals surface area contributed by atoms with Crippen LogP contribution in [-0.4, -0.2) is 15.5 Å². The van der Waals surface area contributed by atoms with E-state index in [4.69, 9.17) is 9.15 Å². The van der Waals surface area contributed by atoms with E-state index in [2.05, 4.69) is 4.98 Å². The molecular formula is C25H18N2O5. The number of carbonyl (C=O) groups excluding carboxylic acids is 1. The van der Waals surface area contributed by atoms with E-state index in [0.29, 0.717) is 22.0 Å². The van der Waals surface area contributed by atoms with Crippen LogP contribution in [0.1, 0.15) is 12.0 Å². The van der Waals surface area contributed by atoms with E-state index >= 15 is 0 Å². The zero-order valence-electron chi connectivity index (χ0n) is 17.0. The van der Waals surface area contributed by atoms with Crippen LogP contribution in [0.25, 0.3) is 32.6 Å². The van der Waals surface area contributed by atoms with Crippen molar-refractivity contribution in [3.63, 3.8) is 0 Å². The molecule has 2 heterocycles. The van der Waals surface area contributed by atoms with Gasteiger partial charge in [0.1, 0.15) is 12.2 Å². The van der Waals surface area contributed by atoms with Gasteiger partial charge in [-0.25, -0.2) is 9.78 Å². The first-order valence-electron chi connectivity index (χ1n) is 10.1. The summed E-state index contributed by atoms with van der Waals surface area (Å²) in [5.41, 5.74) is 0.912. The number of para-hydroxylation sites is 1. The van der Waals surface area contributed by atoms with Gasteiger partial charge < -0.3 is 9.15 Å². The number of aryl methyl sites for hydroxylation is 1. The Morgan fingerprint density at radius 3 is 2.62 bits per heavy atom. The second kappa shape index (κ2) is 8.11. The van der Waals surface area contributed by atoms with E-state index in [1.54, 1.807) is 24.3 Å². The number of aromatic nitrogens is 2. The molecule has 5 rings (SSSR count). The Kier molecular flexibility index (Phi) is 4.99. The molecule has 0 aliphatic carbocycles. The molecule has 3 aromatic carbocycles. The van der Waals surface area contributed by atoms with E-state index in [-0.39, 0.29) is 25.1 Å². The molecule has 0 N–H and O–H groups in total. The van der Waals surface area contributed by atoms with Gasteiger partial charge in [-0.2, -0.15) is 0 Å². The predicted molar refractivity (Wildman–Crippen MR) is 120 cm³/mol. The van der Waals surface area contributed by atoms with Crippen molar-refractivity contribution in [1.29, 1.82) is 0 Å². The minimum atomic E-state index is -0.507. The summed E-state index contributed by atoms with van der Waals surface area (Å²) in [6, 6.07) is 19.7. The maximum absolute atomic E-state index is 12.6. The molecule has 0 spiro atoms. The molecule has 0 saturated carbocycles. The highest BCUT2D eigenvalue weighted by molar-refractivity contribution is 6.07. The van der Waals surface area contributed by atoms with Crippen LogP contribution in [0.2, 0.25) is 0 Å². The van der Waals surface area contributed by atoms with E-state index in [1.165, 1.54) is 17.0 Å². The van der Waals surface area contributed by atoms with Crippen molar-refractivity contribution in [1.82, 2.24) is 9.55 Å². The number of carbonyl (C=O) groups is 1. The number of hydrogen-bond acceptors (Lipinski definition) is 6. The summed E-state index contributed by atoms with van der Waals surface area (Å²) in [7, 11) is 0. The van der Waals surface area contributed by atoms with E-state index in [1.807, 2.05) is 36.4 Å². The summed E-state index contributed by atoms with van der Waals surface area (Å²) >= 11 is 0. The Hall–Kier alpha value is -4.26. The van der Waals surface area contributed by atoms with Crippen LogP contribution in [0.3, 0.4) is 0 Å². The lowest BCUT2D eigenvalue weighted by Crippen LogP contribution is -2.22. The first-order valence-corrected chi connectivity index (χ1v) is 10.1. The van der Waals surface area contributed by atoms with Crippen LogP contribution in [0, 0.1) is 0 Å². The molecule has 0 radical (unpaired) electrons. The second-order valence-electron chi connectivity index (χ2n) is 7.42. The predicted octanol–water partition coefficient (Wildman–Crippen LogP) is 3.79. The summed E-state index contributed by atoms with van der Waals surface area (Å²) in [6.45, 7) is 0.0793. The van der Waals surface area contributed by atoms with Gasteiger partial charge in [0.15, 0.2) is 0 Å². The van der Waals surface area contributed by atoms with Gasteiger partial charge in [-0.05, 0) is 29.0 Å². The maximum Gasteiger partial charge on any atom is 0.336 e.